The highest BCUT2D eigenvalue weighted by Gasteiger charge is 2.28. The molecule has 62 heavy (non-hydrogen) atoms. The van der Waals surface area contributed by atoms with Crippen molar-refractivity contribution in [2.45, 2.75) is 60.4 Å². The summed E-state index contributed by atoms with van der Waals surface area (Å²) in [5.74, 6) is 0.657. The van der Waals surface area contributed by atoms with Crippen LogP contribution in [0.25, 0.3) is 43.6 Å². The van der Waals surface area contributed by atoms with Crippen molar-refractivity contribution in [3.05, 3.63) is 135 Å². The number of benzene rings is 4. The molecular formula is C49H54N8O5. The lowest BCUT2D eigenvalue weighted by Crippen LogP contribution is -2.35. The molecule has 13 nitrogen and oxygen atoms in total. The number of ether oxygens (including phenoxy) is 1. The Morgan fingerprint density at radius 2 is 1.15 bits per heavy atom. The molecule has 0 aliphatic carbocycles. The molecule has 0 aliphatic rings. The normalized spacial score (nSPS) is 11.5. The maximum Gasteiger partial charge on any atom is 0.291 e. The van der Waals surface area contributed by atoms with Crippen molar-refractivity contribution in [1.82, 2.24) is 28.7 Å². The van der Waals surface area contributed by atoms with Gasteiger partial charge < -0.3 is 23.7 Å². The molecule has 2 amide bonds. The Bertz CT molecular complexity index is 3100. The molecule has 0 saturated heterocycles. The summed E-state index contributed by atoms with van der Waals surface area (Å²) in [7, 11) is 5.30. The first kappa shape index (κ1) is 43.1. The van der Waals surface area contributed by atoms with E-state index in [0.29, 0.717) is 53.1 Å². The van der Waals surface area contributed by atoms with Gasteiger partial charge in [-0.15, -0.1) is 0 Å². The number of para-hydroxylation sites is 2. The van der Waals surface area contributed by atoms with Crippen molar-refractivity contribution < 1.29 is 14.3 Å². The third-order valence-corrected chi connectivity index (χ3v) is 11.4. The Morgan fingerprint density at radius 1 is 0.629 bits per heavy atom. The molecule has 320 valence electrons. The average Bonchev–Trinajstić information content (AvgIpc) is 3.74. The largest absolute Gasteiger partial charge is 0.494 e. The van der Waals surface area contributed by atoms with Gasteiger partial charge in [0.15, 0.2) is 11.4 Å². The van der Waals surface area contributed by atoms with Crippen LogP contribution in [0.5, 0.6) is 5.75 Å². The minimum atomic E-state index is -0.243. The molecule has 0 aliphatic heterocycles. The molecule has 0 atom stereocenters. The number of anilines is 2. The van der Waals surface area contributed by atoms with Crippen molar-refractivity contribution in [1.29, 1.82) is 0 Å². The number of rotatable bonds is 10. The predicted molar refractivity (Wildman–Crippen MR) is 249 cm³/mol. The summed E-state index contributed by atoms with van der Waals surface area (Å²) >= 11 is 0. The van der Waals surface area contributed by atoms with Gasteiger partial charge in [0.1, 0.15) is 16.8 Å². The molecule has 0 bridgehead atoms. The number of aromatic nitrogens is 6. The molecule has 0 spiro atoms. The molecule has 4 aromatic carbocycles. The number of amides is 2. The molecule has 4 aromatic heterocycles. The summed E-state index contributed by atoms with van der Waals surface area (Å²) in [5, 5.41) is 11.9. The Labute approximate surface area is 360 Å². The topological polar surface area (TPSA) is 129 Å². The second kappa shape index (κ2) is 17.5. The molecule has 0 unspecified atom stereocenters. The number of hydrogen-bond donors (Lipinski definition) is 0. The van der Waals surface area contributed by atoms with Crippen LogP contribution in [0.1, 0.15) is 87.0 Å². The molecule has 0 fully saturated rings. The fourth-order valence-electron chi connectivity index (χ4n) is 8.21. The number of hydrogen-bond acceptors (Lipinski definition) is 7. The third-order valence-electron chi connectivity index (χ3n) is 11.4. The summed E-state index contributed by atoms with van der Waals surface area (Å²) in [6.45, 7) is 15.4. The highest BCUT2D eigenvalue weighted by molar-refractivity contribution is 6.21. The number of carbonyl (C=O) groups is 2. The van der Waals surface area contributed by atoms with Gasteiger partial charge in [0.25, 0.3) is 22.9 Å². The summed E-state index contributed by atoms with van der Waals surface area (Å²) in [5.41, 5.74) is 5.67. The summed E-state index contributed by atoms with van der Waals surface area (Å²) in [6, 6.07) is 30.7. The van der Waals surface area contributed by atoms with Crippen molar-refractivity contribution >= 4 is 66.8 Å². The van der Waals surface area contributed by atoms with E-state index >= 15 is 0 Å². The van der Waals surface area contributed by atoms with Crippen LogP contribution < -0.4 is 25.7 Å². The Hall–Kier alpha value is -7.02. The van der Waals surface area contributed by atoms with Crippen LogP contribution in [0.3, 0.4) is 0 Å². The van der Waals surface area contributed by atoms with Crippen LogP contribution in [0, 0.1) is 0 Å². The van der Waals surface area contributed by atoms with Crippen LogP contribution in [0.15, 0.2) is 107 Å². The molecule has 8 rings (SSSR count). The van der Waals surface area contributed by atoms with Gasteiger partial charge in [-0.1, -0.05) is 62.4 Å². The van der Waals surface area contributed by atoms with E-state index in [0.717, 1.165) is 38.9 Å². The number of aryl methyl sites for hydroxylation is 3. The van der Waals surface area contributed by atoms with E-state index in [4.69, 9.17) is 4.74 Å². The lowest BCUT2D eigenvalue weighted by atomic mass is 10.0. The van der Waals surface area contributed by atoms with Crippen LogP contribution >= 0.6 is 0 Å². The quantitative estimate of drug-likeness (QED) is 0.135. The Balaban J connectivity index is 0.000000187. The molecule has 4 heterocycles. The maximum atomic E-state index is 13.8. The monoisotopic (exact) mass is 834 g/mol. The highest BCUT2D eigenvalue weighted by atomic mass is 16.5. The predicted octanol–water partition coefficient (Wildman–Crippen LogP) is 8.75. The lowest BCUT2D eigenvalue weighted by Gasteiger charge is -2.22. The van der Waals surface area contributed by atoms with E-state index < -0.39 is 0 Å². The van der Waals surface area contributed by atoms with Crippen molar-refractivity contribution in [3.63, 3.8) is 0 Å². The molecule has 13 heteroatoms. The number of carbonyl (C=O) groups excluding carboxylic acids is 2. The van der Waals surface area contributed by atoms with Crippen LogP contribution in [-0.4, -0.2) is 60.2 Å². The van der Waals surface area contributed by atoms with Gasteiger partial charge in [-0.05, 0) is 94.6 Å². The maximum absolute atomic E-state index is 13.8. The Kier molecular flexibility index (Phi) is 12.2. The van der Waals surface area contributed by atoms with Gasteiger partial charge in [-0.3, -0.25) is 19.2 Å². The SMILES string of the molecule is CCN(C(=O)c1nn(C)c(=O)c2c1c1ccccc1n2C)c1cccc(C(C)C)c1.CCOc1ccc(N(CC)C(=O)c2nn(C(C)C)c(=O)c3c2c2ccccc2n3C)cc1. The van der Waals surface area contributed by atoms with E-state index in [9.17, 15) is 19.2 Å². The number of fused-ring (bicyclic) bond motifs is 6. The van der Waals surface area contributed by atoms with Gasteiger partial charge in [-0.2, -0.15) is 10.2 Å². The summed E-state index contributed by atoms with van der Waals surface area (Å²) in [4.78, 5) is 57.1. The fourth-order valence-corrected chi connectivity index (χ4v) is 8.21. The second-order valence-electron chi connectivity index (χ2n) is 15.8. The summed E-state index contributed by atoms with van der Waals surface area (Å²) < 4.78 is 11.9. The van der Waals surface area contributed by atoms with Gasteiger partial charge in [0.05, 0.1) is 12.6 Å². The summed E-state index contributed by atoms with van der Waals surface area (Å²) in [6.07, 6.45) is 0. The standard InChI is InChI=1S/C25H28N4O3.C24H26N4O2/c1-6-28(17-12-14-18(15-13-17)32-7-2)24(30)22-21-19-10-8-9-11-20(19)27(5)23(21)25(31)29(26-22)16(3)4;1-6-28(17-11-9-10-16(14-17)15(2)3)23(29)21-20-18-12-7-8-13-19(18)26(4)22(20)24(30)27(5)25-21/h8-16H,6-7H2,1-5H3;7-15H,6H2,1-5H3. The first-order valence-electron chi connectivity index (χ1n) is 21.1. The van der Waals surface area contributed by atoms with Crippen LogP contribution in [-0.2, 0) is 21.1 Å². The molecular weight excluding hydrogens is 781 g/mol. The van der Waals surface area contributed by atoms with Crippen molar-refractivity contribution in [2.75, 3.05) is 29.5 Å². The van der Waals surface area contributed by atoms with Gasteiger partial charge in [0, 0.05) is 78.2 Å². The smallest absolute Gasteiger partial charge is 0.291 e. The lowest BCUT2D eigenvalue weighted by molar-refractivity contribution is 0.0975. The third kappa shape index (κ3) is 7.52. The Morgan fingerprint density at radius 3 is 1.66 bits per heavy atom. The van der Waals surface area contributed by atoms with Crippen molar-refractivity contribution in [3.8, 4) is 5.75 Å². The zero-order valence-electron chi connectivity index (χ0n) is 37.1. The van der Waals surface area contributed by atoms with Gasteiger partial charge in [0.2, 0.25) is 0 Å². The van der Waals surface area contributed by atoms with Gasteiger partial charge in [-0.25, -0.2) is 9.36 Å². The zero-order chi connectivity index (χ0) is 44.6. The fraction of sp³-hybridized carbons (Fsp3) is 0.306. The van der Waals surface area contributed by atoms with Gasteiger partial charge >= 0.3 is 0 Å². The molecule has 8 aromatic rings. The minimum absolute atomic E-state index is 0.183. The van der Waals surface area contributed by atoms with Crippen molar-refractivity contribution in [2.24, 2.45) is 21.1 Å². The van der Waals surface area contributed by atoms with E-state index in [2.05, 4.69) is 30.1 Å². The number of nitrogens with zero attached hydrogens (tertiary/aromatic N) is 8. The molecule has 0 N–H and O–H groups in total. The minimum Gasteiger partial charge on any atom is -0.494 e. The zero-order valence-corrected chi connectivity index (χ0v) is 37.1. The van der Waals surface area contributed by atoms with E-state index in [1.54, 1.807) is 16.8 Å². The average molecular weight is 835 g/mol. The van der Waals surface area contributed by atoms with Crippen LogP contribution in [0.4, 0.5) is 11.4 Å². The van der Waals surface area contributed by atoms with E-state index in [-0.39, 0.29) is 34.7 Å². The second-order valence-corrected chi connectivity index (χ2v) is 15.8. The molecule has 0 radical (unpaired) electrons. The van der Waals surface area contributed by atoms with E-state index in [1.165, 1.54) is 14.9 Å². The first-order chi connectivity index (χ1) is 29.7. The molecule has 0 saturated carbocycles. The van der Waals surface area contributed by atoms with Crippen LogP contribution in [0.2, 0.25) is 0 Å². The first-order valence-corrected chi connectivity index (χ1v) is 21.1. The van der Waals surface area contributed by atoms with E-state index in [1.807, 2.05) is 149 Å². The highest BCUT2D eigenvalue weighted by Crippen LogP contribution is 2.32.